The largest absolute Gasteiger partial charge is 0.311 e. The van der Waals surface area contributed by atoms with Crippen molar-refractivity contribution < 1.29 is 0 Å². The first kappa shape index (κ1) is 13.5. The summed E-state index contributed by atoms with van der Waals surface area (Å²) < 4.78 is 1.01. The van der Waals surface area contributed by atoms with Crippen molar-refractivity contribution in [3.63, 3.8) is 0 Å². The molecule has 0 saturated heterocycles. The number of halogens is 2. The standard InChI is InChI=1S/C14H14BrClN2/c15-12-3-6-14(18-9-12)10-17-8-7-11-1-4-13(16)5-2-11/h1-6,9,17H,7-8,10H2. The van der Waals surface area contributed by atoms with Crippen molar-refractivity contribution in [2.75, 3.05) is 6.54 Å². The van der Waals surface area contributed by atoms with Gasteiger partial charge in [-0.25, -0.2) is 0 Å². The lowest BCUT2D eigenvalue weighted by Crippen LogP contribution is -2.17. The second kappa shape index (κ2) is 6.88. The molecule has 0 saturated carbocycles. The molecule has 2 nitrogen and oxygen atoms in total. The molecule has 0 radical (unpaired) electrons. The summed E-state index contributed by atoms with van der Waals surface area (Å²) in [6, 6.07) is 12.0. The van der Waals surface area contributed by atoms with Gasteiger partial charge in [0.2, 0.25) is 0 Å². The highest BCUT2D eigenvalue weighted by Crippen LogP contribution is 2.10. The Hall–Kier alpha value is -0.900. The average molecular weight is 326 g/mol. The topological polar surface area (TPSA) is 24.9 Å². The minimum Gasteiger partial charge on any atom is -0.311 e. The van der Waals surface area contributed by atoms with Gasteiger partial charge in [-0.2, -0.15) is 0 Å². The Morgan fingerprint density at radius 2 is 1.89 bits per heavy atom. The van der Waals surface area contributed by atoms with Crippen molar-refractivity contribution in [2.45, 2.75) is 13.0 Å². The molecule has 1 aromatic carbocycles. The van der Waals surface area contributed by atoms with Crippen molar-refractivity contribution in [3.8, 4) is 0 Å². The van der Waals surface area contributed by atoms with Crippen LogP contribution in [0.5, 0.6) is 0 Å². The van der Waals surface area contributed by atoms with E-state index >= 15 is 0 Å². The highest BCUT2D eigenvalue weighted by Gasteiger charge is 1.96. The minimum absolute atomic E-state index is 0.783. The van der Waals surface area contributed by atoms with E-state index in [1.54, 1.807) is 0 Å². The molecule has 0 fully saturated rings. The molecule has 1 heterocycles. The molecule has 0 spiro atoms. The van der Waals surface area contributed by atoms with E-state index in [0.29, 0.717) is 0 Å². The van der Waals surface area contributed by atoms with Gasteiger partial charge in [0.15, 0.2) is 0 Å². The number of hydrogen-bond donors (Lipinski definition) is 1. The fraction of sp³-hybridized carbons (Fsp3) is 0.214. The molecule has 0 amide bonds. The van der Waals surface area contributed by atoms with Crippen LogP contribution in [0.1, 0.15) is 11.3 Å². The fourth-order valence-electron chi connectivity index (χ4n) is 1.61. The molecule has 4 heteroatoms. The first-order valence-corrected chi connectivity index (χ1v) is 6.97. The Kier molecular flexibility index (Phi) is 5.17. The highest BCUT2D eigenvalue weighted by molar-refractivity contribution is 9.10. The predicted molar refractivity (Wildman–Crippen MR) is 78.8 cm³/mol. The maximum Gasteiger partial charge on any atom is 0.0542 e. The van der Waals surface area contributed by atoms with Crippen LogP contribution >= 0.6 is 27.5 Å². The zero-order valence-corrected chi connectivity index (χ0v) is 12.2. The van der Waals surface area contributed by atoms with Crippen molar-refractivity contribution in [1.29, 1.82) is 0 Å². The van der Waals surface area contributed by atoms with Gasteiger partial charge in [-0.1, -0.05) is 23.7 Å². The minimum atomic E-state index is 0.783. The molecule has 94 valence electrons. The first-order chi connectivity index (χ1) is 8.74. The molecular formula is C14H14BrClN2. The van der Waals surface area contributed by atoms with Crippen LogP contribution in [0.15, 0.2) is 47.1 Å². The summed E-state index contributed by atoms with van der Waals surface area (Å²) >= 11 is 9.21. The SMILES string of the molecule is Clc1ccc(CCNCc2ccc(Br)cn2)cc1. The molecule has 0 aliphatic heterocycles. The van der Waals surface area contributed by atoms with E-state index in [1.165, 1.54) is 5.56 Å². The van der Waals surface area contributed by atoms with Crippen LogP contribution in [0.25, 0.3) is 0 Å². The van der Waals surface area contributed by atoms with Crippen molar-refractivity contribution in [1.82, 2.24) is 10.3 Å². The smallest absolute Gasteiger partial charge is 0.0542 e. The zero-order valence-electron chi connectivity index (χ0n) is 9.87. The highest BCUT2D eigenvalue weighted by atomic mass is 79.9. The van der Waals surface area contributed by atoms with E-state index in [4.69, 9.17) is 11.6 Å². The number of benzene rings is 1. The number of pyridine rings is 1. The van der Waals surface area contributed by atoms with Crippen LogP contribution in [0.4, 0.5) is 0 Å². The lowest BCUT2D eigenvalue weighted by molar-refractivity contribution is 0.674. The van der Waals surface area contributed by atoms with E-state index in [1.807, 2.05) is 30.5 Å². The Labute approximate surface area is 121 Å². The van der Waals surface area contributed by atoms with Crippen LogP contribution in [-0.4, -0.2) is 11.5 Å². The molecular weight excluding hydrogens is 312 g/mol. The van der Waals surface area contributed by atoms with Crippen LogP contribution in [0.3, 0.4) is 0 Å². The van der Waals surface area contributed by atoms with E-state index in [2.05, 4.69) is 38.4 Å². The number of rotatable bonds is 5. The zero-order chi connectivity index (χ0) is 12.8. The molecule has 1 aromatic heterocycles. The Balaban J connectivity index is 1.73. The van der Waals surface area contributed by atoms with Gasteiger partial charge in [0, 0.05) is 22.2 Å². The number of aromatic nitrogens is 1. The summed E-state index contributed by atoms with van der Waals surface area (Å²) in [4.78, 5) is 4.31. The first-order valence-electron chi connectivity index (χ1n) is 5.79. The third-order valence-electron chi connectivity index (χ3n) is 2.60. The quantitative estimate of drug-likeness (QED) is 0.845. The third kappa shape index (κ3) is 4.41. The van der Waals surface area contributed by atoms with Crippen molar-refractivity contribution in [3.05, 3.63) is 63.3 Å². The van der Waals surface area contributed by atoms with Crippen LogP contribution in [0, 0.1) is 0 Å². The molecule has 2 aromatic rings. The molecule has 0 atom stereocenters. The third-order valence-corrected chi connectivity index (χ3v) is 3.32. The Bertz CT molecular complexity index is 435. The van der Waals surface area contributed by atoms with E-state index < -0.39 is 0 Å². The molecule has 0 aliphatic rings. The number of nitrogens with one attached hydrogen (secondary N) is 1. The van der Waals surface area contributed by atoms with Crippen LogP contribution in [0.2, 0.25) is 5.02 Å². The lowest BCUT2D eigenvalue weighted by atomic mass is 10.1. The van der Waals surface area contributed by atoms with E-state index in [9.17, 15) is 0 Å². The second-order valence-corrected chi connectivity index (χ2v) is 5.37. The molecule has 18 heavy (non-hydrogen) atoms. The molecule has 0 unspecified atom stereocenters. The lowest BCUT2D eigenvalue weighted by Gasteiger charge is -2.05. The van der Waals surface area contributed by atoms with Gasteiger partial charge in [-0.15, -0.1) is 0 Å². The van der Waals surface area contributed by atoms with Gasteiger partial charge in [-0.3, -0.25) is 4.98 Å². The van der Waals surface area contributed by atoms with Crippen LogP contribution < -0.4 is 5.32 Å². The summed E-state index contributed by atoms with van der Waals surface area (Å²) in [6.07, 6.45) is 2.81. The molecule has 0 aliphatic carbocycles. The van der Waals surface area contributed by atoms with Gasteiger partial charge in [-0.05, 0) is 58.7 Å². The summed E-state index contributed by atoms with van der Waals surface area (Å²) in [7, 11) is 0. The summed E-state index contributed by atoms with van der Waals surface area (Å²) in [5.41, 5.74) is 2.34. The maximum atomic E-state index is 5.84. The Morgan fingerprint density at radius 3 is 2.56 bits per heavy atom. The molecule has 0 bridgehead atoms. The van der Waals surface area contributed by atoms with E-state index in [0.717, 1.165) is 34.7 Å². The summed E-state index contributed by atoms with van der Waals surface area (Å²) in [5.74, 6) is 0. The second-order valence-electron chi connectivity index (χ2n) is 4.02. The molecule has 1 N–H and O–H groups in total. The monoisotopic (exact) mass is 324 g/mol. The van der Waals surface area contributed by atoms with Gasteiger partial charge >= 0.3 is 0 Å². The average Bonchev–Trinajstić information content (AvgIpc) is 2.39. The Morgan fingerprint density at radius 1 is 1.11 bits per heavy atom. The summed E-state index contributed by atoms with van der Waals surface area (Å²) in [6.45, 7) is 1.72. The number of nitrogens with zero attached hydrogens (tertiary/aromatic N) is 1. The maximum absolute atomic E-state index is 5.84. The molecule has 2 rings (SSSR count). The van der Waals surface area contributed by atoms with E-state index in [-0.39, 0.29) is 0 Å². The van der Waals surface area contributed by atoms with Crippen molar-refractivity contribution in [2.24, 2.45) is 0 Å². The normalized spacial score (nSPS) is 10.6. The van der Waals surface area contributed by atoms with Gasteiger partial charge in [0.1, 0.15) is 0 Å². The number of hydrogen-bond acceptors (Lipinski definition) is 2. The van der Waals surface area contributed by atoms with Crippen molar-refractivity contribution >= 4 is 27.5 Å². The summed E-state index contributed by atoms with van der Waals surface area (Å²) in [5, 5.41) is 4.16. The van der Waals surface area contributed by atoms with Gasteiger partial charge in [0.25, 0.3) is 0 Å². The predicted octanol–water partition coefficient (Wildman–Crippen LogP) is 3.83. The van der Waals surface area contributed by atoms with Gasteiger partial charge < -0.3 is 5.32 Å². The van der Waals surface area contributed by atoms with Gasteiger partial charge in [0.05, 0.1) is 5.69 Å². The van der Waals surface area contributed by atoms with Crippen LogP contribution in [-0.2, 0) is 13.0 Å². The fourth-order valence-corrected chi connectivity index (χ4v) is 1.97.